The highest BCUT2D eigenvalue weighted by Gasteiger charge is 2.33. The average Bonchev–Trinajstić information content (AvgIpc) is 2.75. The molecule has 1 N–H and O–H groups in total. The third-order valence-electron chi connectivity index (χ3n) is 6.63. The second-order valence-electron chi connectivity index (χ2n) is 10.7. The first kappa shape index (κ1) is 24.4. The number of aliphatic hydroxyl groups is 1. The van der Waals surface area contributed by atoms with Crippen LogP contribution in [-0.4, -0.2) is 26.1 Å². The summed E-state index contributed by atoms with van der Waals surface area (Å²) < 4.78 is 11.7. The quantitative estimate of drug-likeness (QED) is 0.379. The van der Waals surface area contributed by atoms with Gasteiger partial charge in [-0.05, 0) is 48.8 Å². The fourth-order valence-corrected chi connectivity index (χ4v) is 5.43. The van der Waals surface area contributed by atoms with Crippen LogP contribution in [0.25, 0.3) is 0 Å². The maximum Gasteiger partial charge on any atom is 0.199 e. The van der Waals surface area contributed by atoms with Crippen LogP contribution in [0, 0.1) is 23.3 Å². The Morgan fingerprint density at radius 3 is 2.29 bits per heavy atom. The zero-order valence-corrected chi connectivity index (χ0v) is 21.1. The molecule has 0 amide bonds. The molecule has 31 heavy (non-hydrogen) atoms. The molecule has 1 aliphatic carbocycles. The lowest BCUT2D eigenvalue weighted by molar-refractivity contribution is -0.105. The van der Waals surface area contributed by atoms with Crippen LogP contribution in [0.4, 0.5) is 0 Å². The largest absolute Gasteiger partial charge is 0.465 e. The van der Waals surface area contributed by atoms with E-state index in [1.54, 1.807) is 0 Å². The van der Waals surface area contributed by atoms with E-state index in [1.807, 2.05) is 24.3 Å². The lowest BCUT2D eigenvalue weighted by Crippen LogP contribution is -2.30. The lowest BCUT2D eigenvalue weighted by atomic mass is 9.74. The molecule has 0 bridgehead atoms. The van der Waals surface area contributed by atoms with Crippen LogP contribution in [0.1, 0.15) is 76.7 Å². The van der Waals surface area contributed by atoms with Crippen molar-refractivity contribution < 1.29 is 14.6 Å². The third kappa shape index (κ3) is 7.66. The Morgan fingerprint density at radius 1 is 1.03 bits per heavy atom. The van der Waals surface area contributed by atoms with Crippen molar-refractivity contribution in [1.82, 2.24) is 0 Å². The zero-order chi connectivity index (χ0) is 22.3. The summed E-state index contributed by atoms with van der Waals surface area (Å²) in [6, 6.07) is 7.93. The van der Waals surface area contributed by atoms with Crippen molar-refractivity contribution in [3.05, 3.63) is 29.8 Å². The molecule has 2 atom stereocenters. The van der Waals surface area contributed by atoms with E-state index in [9.17, 15) is 5.11 Å². The molecule has 0 spiro atoms. The number of hydrogen-bond donors (Lipinski definition) is 1. The highest BCUT2D eigenvalue weighted by Crippen LogP contribution is 2.39. The van der Waals surface area contributed by atoms with Gasteiger partial charge in [-0.1, -0.05) is 83.1 Å². The van der Waals surface area contributed by atoms with Crippen molar-refractivity contribution in [2.75, 3.05) is 6.61 Å². The number of hydrogen-bond acceptors (Lipinski definition) is 3. The fraction of sp³-hybridized carbons (Fsp3) is 0.704. The third-order valence-corrected chi connectivity index (χ3v) is 7.50. The van der Waals surface area contributed by atoms with Crippen molar-refractivity contribution in [2.45, 2.75) is 103 Å². The summed E-state index contributed by atoms with van der Waals surface area (Å²) in [7, 11) is -1.59. The van der Waals surface area contributed by atoms with Crippen LogP contribution in [-0.2, 0) is 10.3 Å². The van der Waals surface area contributed by atoms with Crippen molar-refractivity contribution in [3.63, 3.8) is 0 Å². The molecule has 2 unspecified atom stereocenters. The van der Waals surface area contributed by atoms with Gasteiger partial charge in [0.25, 0.3) is 0 Å². The van der Waals surface area contributed by atoms with Gasteiger partial charge in [-0.3, -0.25) is 0 Å². The van der Waals surface area contributed by atoms with Crippen LogP contribution < -0.4 is 4.74 Å². The van der Waals surface area contributed by atoms with E-state index in [2.05, 4.69) is 38.0 Å². The Bertz CT molecular complexity index is 728. The summed E-state index contributed by atoms with van der Waals surface area (Å²) in [5.74, 6) is 5.56. The summed E-state index contributed by atoms with van der Waals surface area (Å²) in [6.07, 6.45) is 11.4. The molecule has 0 aromatic heterocycles. The Kier molecular flexibility index (Phi) is 8.67. The second kappa shape index (κ2) is 11.0. The first-order valence-electron chi connectivity index (χ1n) is 12.4. The molecule has 4 heteroatoms. The summed E-state index contributed by atoms with van der Waals surface area (Å²) in [6.45, 7) is 9.76. The Balaban J connectivity index is 1.72. The van der Waals surface area contributed by atoms with E-state index >= 15 is 0 Å². The average molecular weight is 443 g/mol. The maximum atomic E-state index is 11.8. The van der Waals surface area contributed by atoms with Crippen LogP contribution >= 0.6 is 0 Å². The molecule has 3 rings (SSSR count). The minimum Gasteiger partial charge on any atom is -0.465 e. The van der Waals surface area contributed by atoms with Gasteiger partial charge in [-0.15, -0.1) is 5.54 Å². The first-order chi connectivity index (χ1) is 14.8. The minimum atomic E-state index is -1.59. The summed E-state index contributed by atoms with van der Waals surface area (Å²) in [5, 5.41) is 11.8. The van der Waals surface area contributed by atoms with E-state index in [-0.39, 0.29) is 6.29 Å². The van der Waals surface area contributed by atoms with Gasteiger partial charge in [0.2, 0.25) is 0 Å². The smallest absolute Gasteiger partial charge is 0.199 e. The molecule has 1 saturated carbocycles. The van der Waals surface area contributed by atoms with Gasteiger partial charge in [0.05, 0.1) is 6.61 Å². The molecular formula is C27H42O3Si. The van der Waals surface area contributed by atoms with Gasteiger partial charge in [-0.25, -0.2) is 0 Å². The predicted molar refractivity (Wildman–Crippen MR) is 131 cm³/mol. The molecule has 1 aliphatic heterocycles. The fourth-order valence-electron chi connectivity index (χ4n) is 4.85. The van der Waals surface area contributed by atoms with Crippen molar-refractivity contribution in [2.24, 2.45) is 11.8 Å². The summed E-state index contributed by atoms with van der Waals surface area (Å²) in [5.41, 5.74) is 3.26. The monoisotopic (exact) mass is 442 g/mol. The van der Waals surface area contributed by atoms with Crippen LogP contribution in [0.5, 0.6) is 5.75 Å². The molecular weight excluding hydrogens is 400 g/mol. The molecule has 0 radical (unpaired) electrons. The SMILES string of the molecule is CCCC1CCC(CC(O)(C#C[Si](C)(C)C)c2ccc(OC3CCCCO3)cc2)CC1. The van der Waals surface area contributed by atoms with Gasteiger partial charge >= 0.3 is 0 Å². The van der Waals surface area contributed by atoms with Crippen LogP contribution in [0.3, 0.4) is 0 Å². The van der Waals surface area contributed by atoms with E-state index < -0.39 is 13.7 Å². The van der Waals surface area contributed by atoms with Crippen molar-refractivity contribution >= 4 is 8.07 Å². The van der Waals surface area contributed by atoms with E-state index in [0.717, 1.165) is 49.5 Å². The van der Waals surface area contributed by atoms with Crippen LogP contribution in [0.2, 0.25) is 19.6 Å². The van der Waals surface area contributed by atoms with E-state index in [4.69, 9.17) is 9.47 Å². The molecule has 1 aromatic carbocycles. The van der Waals surface area contributed by atoms with E-state index in [0.29, 0.717) is 5.92 Å². The van der Waals surface area contributed by atoms with Crippen molar-refractivity contribution in [1.29, 1.82) is 0 Å². The lowest BCUT2D eigenvalue weighted by Gasteiger charge is -2.33. The number of ether oxygens (including phenoxy) is 2. The molecule has 2 aliphatic rings. The number of rotatable bonds is 7. The Hall–Kier alpha value is -1.28. The molecule has 1 heterocycles. The Morgan fingerprint density at radius 2 is 1.71 bits per heavy atom. The van der Waals surface area contributed by atoms with E-state index in [1.165, 1.54) is 38.5 Å². The highest BCUT2D eigenvalue weighted by atomic mass is 28.3. The van der Waals surface area contributed by atoms with Gasteiger partial charge < -0.3 is 14.6 Å². The minimum absolute atomic E-state index is 0.150. The zero-order valence-electron chi connectivity index (χ0n) is 20.1. The van der Waals surface area contributed by atoms with Crippen LogP contribution in [0.15, 0.2) is 24.3 Å². The molecule has 3 nitrogen and oxygen atoms in total. The topological polar surface area (TPSA) is 38.7 Å². The normalized spacial score (nSPS) is 26.4. The van der Waals surface area contributed by atoms with Gasteiger partial charge in [0.1, 0.15) is 13.8 Å². The molecule has 172 valence electrons. The van der Waals surface area contributed by atoms with Crippen molar-refractivity contribution in [3.8, 4) is 17.2 Å². The Labute approximate surface area is 190 Å². The van der Waals surface area contributed by atoms with Gasteiger partial charge in [-0.2, -0.15) is 0 Å². The van der Waals surface area contributed by atoms with Gasteiger partial charge in [0, 0.05) is 6.42 Å². The highest BCUT2D eigenvalue weighted by molar-refractivity contribution is 6.83. The maximum absolute atomic E-state index is 11.8. The first-order valence-corrected chi connectivity index (χ1v) is 15.9. The molecule has 1 aromatic rings. The van der Waals surface area contributed by atoms with Gasteiger partial charge in [0.15, 0.2) is 11.9 Å². The number of benzene rings is 1. The second-order valence-corrected chi connectivity index (χ2v) is 15.4. The molecule has 2 fully saturated rings. The summed E-state index contributed by atoms with van der Waals surface area (Å²) >= 11 is 0. The standard InChI is InChI=1S/C27H42O3Si/c1-5-8-22-10-12-23(13-11-22)21-27(28,18-20-31(2,3)4)24-14-16-25(17-15-24)30-26-9-6-7-19-29-26/h14-17,22-23,26,28H,5-13,19,21H2,1-4H3. The molecule has 1 saturated heterocycles. The predicted octanol–water partition coefficient (Wildman–Crippen LogP) is 6.66. The summed E-state index contributed by atoms with van der Waals surface area (Å²) in [4.78, 5) is 0.